The van der Waals surface area contributed by atoms with E-state index in [0.29, 0.717) is 17.8 Å². The maximum absolute atomic E-state index is 13.4. The van der Waals surface area contributed by atoms with Gasteiger partial charge in [0.15, 0.2) is 11.5 Å². The zero-order chi connectivity index (χ0) is 27.8. The molecular weight excluding hydrogens is 560 g/mol. The summed E-state index contributed by atoms with van der Waals surface area (Å²) in [6.45, 7) is -0.100. The van der Waals surface area contributed by atoms with Crippen molar-refractivity contribution in [2.24, 2.45) is 0 Å². The Balaban J connectivity index is 1.78. The average Bonchev–Trinajstić information content (AvgIpc) is 3.26. The third-order valence-electron chi connectivity index (χ3n) is 5.89. The third-order valence-corrected chi connectivity index (χ3v) is 7.48. The Morgan fingerprint density at radius 3 is 2.16 bits per heavy atom. The second-order valence-electron chi connectivity index (χ2n) is 8.48. The van der Waals surface area contributed by atoms with Gasteiger partial charge in [0.2, 0.25) is 0 Å². The van der Waals surface area contributed by atoms with E-state index in [-0.39, 0.29) is 52.8 Å². The highest BCUT2D eigenvalue weighted by Gasteiger charge is 2.37. The fraction of sp³-hybridized carbons (Fsp3) is 0.348. The molecule has 2 aromatic carbocycles. The fourth-order valence-electron chi connectivity index (χ4n) is 3.99. The normalized spacial score (nSPS) is 15.1. The summed E-state index contributed by atoms with van der Waals surface area (Å²) >= 11 is 6.21. The molecule has 0 aliphatic carbocycles. The number of amides is 1. The van der Waals surface area contributed by atoms with Gasteiger partial charge in [0.25, 0.3) is 5.91 Å². The fourth-order valence-corrected chi connectivity index (χ4v) is 5.31. The molecule has 1 amide bonds. The Morgan fingerprint density at radius 1 is 1.03 bits per heavy atom. The van der Waals surface area contributed by atoms with Crippen molar-refractivity contribution in [2.45, 2.75) is 18.9 Å². The van der Waals surface area contributed by atoms with Crippen LogP contribution in [0.3, 0.4) is 0 Å². The van der Waals surface area contributed by atoms with Gasteiger partial charge in [0, 0.05) is 42.4 Å². The number of carbonyl (C=O) groups is 1. The molecule has 1 aromatic heterocycles. The molecular formula is C23H20ClF6N5O2S. The highest BCUT2D eigenvalue weighted by atomic mass is 35.5. The molecule has 7 nitrogen and oxygen atoms in total. The molecule has 0 N–H and O–H groups in total. The van der Waals surface area contributed by atoms with E-state index in [1.165, 1.54) is 11.9 Å². The van der Waals surface area contributed by atoms with Crippen LogP contribution in [-0.4, -0.2) is 56.8 Å². The van der Waals surface area contributed by atoms with E-state index in [9.17, 15) is 35.3 Å². The molecule has 0 bridgehead atoms. The monoisotopic (exact) mass is 579 g/mol. The second-order valence-corrected chi connectivity index (χ2v) is 10.6. The van der Waals surface area contributed by atoms with Crippen LogP contribution in [-0.2, 0) is 29.7 Å². The highest BCUT2D eigenvalue weighted by molar-refractivity contribution is 7.85. The van der Waals surface area contributed by atoms with Crippen LogP contribution >= 0.6 is 11.6 Å². The molecule has 0 unspecified atom stereocenters. The number of hydrogen-bond acceptors (Lipinski definition) is 5. The number of nitrogens with zero attached hydrogens (tertiary/aromatic N) is 5. The molecule has 0 atom stereocenters. The molecule has 1 aliphatic heterocycles. The quantitative estimate of drug-likeness (QED) is 0.404. The molecule has 0 saturated carbocycles. The zero-order valence-electron chi connectivity index (χ0n) is 19.7. The molecule has 0 spiro atoms. The predicted octanol–water partition coefficient (Wildman–Crippen LogP) is 4.86. The first-order valence-electron chi connectivity index (χ1n) is 11.1. The third kappa shape index (κ3) is 5.96. The van der Waals surface area contributed by atoms with Crippen molar-refractivity contribution in [1.29, 1.82) is 0 Å². The summed E-state index contributed by atoms with van der Waals surface area (Å²) < 4.78 is 93.2. The van der Waals surface area contributed by atoms with Crippen molar-refractivity contribution in [2.75, 3.05) is 41.4 Å². The Labute approximate surface area is 220 Å². The Kier molecular flexibility index (Phi) is 7.75. The molecule has 1 fully saturated rings. The summed E-state index contributed by atoms with van der Waals surface area (Å²) in [5.41, 5.74) is -3.09. The van der Waals surface area contributed by atoms with E-state index >= 15 is 0 Å². The lowest BCUT2D eigenvalue weighted by Gasteiger charge is -2.29. The molecule has 204 valence electrons. The summed E-state index contributed by atoms with van der Waals surface area (Å²) in [6.07, 6.45) is -10.0. The minimum absolute atomic E-state index is 0.0409. The van der Waals surface area contributed by atoms with E-state index in [0.717, 1.165) is 4.68 Å². The number of para-hydroxylation sites is 1. The first-order chi connectivity index (χ1) is 17.8. The Bertz CT molecular complexity index is 1330. The summed E-state index contributed by atoms with van der Waals surface area (Å²) in [5, 5.41) is 8.13. The molecule has 38 heavy (non-hydrogen) atoms. The Morgan fingerprint density at radius 2 is 1.61 bits per heavy atom. The van der Waals surface area contributed by atoms with Gasteiger partial charge in [-0.3, -0.25) is 9.00 Å². The lowest BCUT2D eigenvalue weighted by molar-refractivity contribution is -0.143. The number of benzene rings is 2. The Hall–Kier alpha value is -3.13. The molecule has 0 radical (unpaired) electrons. The molecule has 1 aliphatic rings. The second kappa shape index (κ2) is 10.6. The largest absolute Gasteiger partial charge is 0.416 e. The van der Waals surface area contributed by atoms with E-state index in [2.05, 4.69) is 10.3 Å². The van der Waals surface area contributed by atoms with Gasteiger partial charge < -0.3 is 9.80 Å². The van der Waals surface area contributed by atoms with Gasteiger partial charge in [-0.15, -0.1) is 5.10 Å². The predicted molar refractivity (Wildman–Crippen MR) is 130 cm³/mol. The van der Waals surface area contributed by atoms with Gasteiger partial charge in [-0.1, -0.05) is 28.9 Å². The van der Waals surface area contributed by atoms with E-state index < -0.39 is 46.7 Å². The molecule has 4 rings (SSSR count). The maximum atomic E-state index is 13.4. The van der Waals surface area contributed by atoms with Crippen LogP contribution < -0.4 is 9.80 Å². The van der Waals surface area contributed by atoms with Crippen molar-refractivity contribution < 1.29 is 35.3 Å². The van der Waals surface area contributed by atoms with Crippen LogP contribution in [0, 0.1) is 0 Å². The van der Waals surface area contributed by atoms with Crippen LogP contribution in [0.25, 0.3) is 0 Å². The van der Waals surface area contributed by atoms with E-state index in [1.807, 2.05) is 0 Å². The van der Waals surface area contributed by atoms with Gasteiger partial charge >= 0.3 is 12.4 Å². The summed E-state index contributed by atoms with van der Waals surface area (Å²) in [5.74, 6) is -0.0512. The highest BCUT2D eigenvalue weighted by Crippen LogP contribution is 2.37. The SMILES string of the molecule is CN(C(=O)c1nnn(Cc2cc(C(F)(F)F)cc(C(F)(F)F)c2)c1N1CCS(=O)CC1)c1ccccc1Cl. The number of alkyl halides is 6. The van der Waals surface area contributed by atoms with Gasteiger partial charge in [-0.2, -0.15) is 26.3 Å². The van der Waals surface area contributed by atoms with Crippen LogP contribution in [0.5, 0.6) is 0 Å². The minimum atomic E-state index is -5.02. The van der Waals surface area contributed by atoms with Crippen LogP contribution in [0.2, 0.25) is 5.02 Å². The average molecular weight is 580 g/mol. The first-order valence-corrected chi connectivity index (χ1v) is 13.0. The molecule has 2 heterocycles. The first kappa shape index (κ1) is 27.9. The van der Waals surface area contributed by atoms with Crippen molar-refractivity contribution in [3.8, 4) is 0 Å². The van der Waals surface area contributed by atoms with Gasteiger partial charge in [0.1, 0.15) is 0 Å². The van der Waals surface area contributed by atoms with Crippen LogP contribution in [0.15, 0.2) is 42.5 Å². The number of halogens is 7. The summed E-state index contributed by atoms with van der Waals surface area (Å²) in [7, 11) is 0.338. The number of aromatic nitrogens is 3. The minimum Gasteiger partial charge on any atom is -0.353 e. The number of hydrogen-bond donors (Lipinski definition) is 0. The number of anilines is 2. The smallest absolute Gasteiger partial charge is 0.353 e. The van der Waals surface area contributed by atoms with E-state index in [4.69, 9.17) is 11.6 Å². The number of rotatable bonds is 5. The molecule has 15 heteroatoms. The van der Waals surface area contributed by atoms with Crippen LogP contribution in [0.4, 0.5) is 37.8 Å². The van der Waals surface area contributed by atoms with Gasteiger partial charge in [-0.25, -0.2) is 4.68 Å². The standard InChI is InChI=1S/C23H20ClF6N5O2S/c1-33(18-5-3-2-4-17(18)24)21(36)19-20(34-6-8-38(37)9-7-34)35(32-31-19)13-14-10-15(22(25,26)27)12-16(11-14)23(28,29)30/h2-5,10-12H,6-9,13H2,1H3. The van der Waals surface area contributed by atoms with Crippen molar-refractivity contribution in [1.82, 2.24) is 15.0 Å². The van der Waals surface area contributed by atoms with Gasteiger partial charge in [-0.05, 0) is 35.9 Å². The molecule has 1 saturated heterocycles. The number of carbonyl (C=O) groups excluding carboxylic acids is 1. The summed E-state index contributed by atoms with van der Waals surface area (Å²) in [6, 6.07) is 7.74. The molecule has 3 aromatic rings. The van der Waals surface area contributed by atoms with Crippen molar-refractivity contribution in [3.05, 3.63) is 69.9 Å². The maximum Gasteiger partial charge on any atom is 0.416 e. The van der Waals surface area contributed by atoms with Gasteiger partial charge in [0.05, 0.1) is 28.4 Å². The summed E-state index contributed by atoms with van der Waals surface area (Å²) in [4.78, 5) is 16.3. The lowest BCUT2D eigenvalue weighted by Crippen LogP contribution is -2.40. The van der Waals surface area contributed by atoms with E-state index in [1.54, 1.807) is 29.2 Å². The lowest BCUT2D eigenvalue weighted by atomic mass is 10.0. The topological polar surface area (TPSA) is 71.3 Å². The van der Waals surface area contributed by atoms with Crippen molar-refractivity contribution >= 4 is 39.8 Å². The van der Waals surface area contributed by atoms with Crippen molar-refractivity contribution in [3.63, 3.8) is 0 Å². The zero-order valence-corrected chi connectivity index (χ0v) is 21.3. The van der Waals surface area contributed by atoms with Crippen LogP contribution in [0.1, 0.15) is 27.2 Å².